The number of fused-ring (bicyclic) bond motifs is 1. The van der Waals surface area contributed by atoms with E-state index in [1.54, 1.807) is 26.0 Å². The number of aromatic nitrogens is 2. The summed E-state index contributed by atoms with van der Waals surface area (Å²) in [4.78, 5) is 37.5. The lowest BCUT2D eigenvalue weighted by Crippen LogP contribution is -2.50. The molecule has 3 rings (SSSR count). The summed E-state index contributed by atoms with van der Waals surface area (Å²) in [6.45, 7) is 3.97. The lowest BCUT2D eigenvalue weighted by molar-refractivity contribution is 0.248. The summed E-state index contributed by atoms with van der Waals surface area (Å²) in [5.41, 5.74) is -0.208. The summed E-state index contributed by atoms with van der Waals surface area (Å²) in [5.74, 6) is 0.342. The second-order valence-electron chi connectivity index (χ2n) is 5.80. The van der Waals surface area contributed by atoms with E-state index in [2.05, 4.69) is 10.6 Å². The molecule has 0 aliphatic carbocycles. The lowest BCUT2D eigenvalue weighted by atomic mass is 9.98. The molecule has 0 fully saturated rings. The highest BCUT2D eigenvalue weighted by Gasteiger charge is 2.32. The molecule has 1 aromatic carbocycles. The zero-order valence-electron chi connectivity index (χ0n) is 14.7. The van der Waals surface area contributed by atoms with E-state index < -0.39 is 23.3 Å². The third kappa shape index (κ3) is 2.61. The Balaban J connectivity index is 2.30. The van der Waals surface area contributed by atoms with E-state index >= 15 is 0 Å². The van der Waals surface area contributed by atoms with Crippen LogP contribution in [0.5, 0.6) is 11.5 Å². The zero-order valence-corrected chi connectivity index (χ0v) is 14.7. The van der Waals surface area contributed by atoms with Gasteiger partial charge in [-0.25, -0.2) is 9.59 Å². The SMILES string of the molecule is CCn1c2c(c(=O)n(CC)c1=O)C(c1ccc(OC)c(O)c1)NC(=O)N2. The van der Waals surface area contributed by atoms with E-state index in [-0.39, 0.29) is 29.4 Å². The molecule has 2 heterocycles. The van der Waals surface area contributed by atoms with Gasteiger partial charge in [0.1, 0.15) is 5.82 Å². The monoisotopic (exact) mass is 360 g/mol. The van der Waals surface area contributed by atoms with Crippen molar-refractivity contribution in [1.82, 2.24) is 14.5 Å². The normalized spacial score (nSPS) is 15.8. The number of rotatable bonds is 4. The molecule has 1 aromatic heterocycles. The minimum Gasteiger partial charge on any atom is -0.504 e. The van der Waals surface area contributed by atoms with Gasteiger partial charge in [0, 0.05) is 13.1 Å². The third-order valence-corrected chi connectivity index (χ3v) is 4.43. The van der Waals surface area contributed by atoms with Crippen molar-refractivity contribution < 1.29 is 14.6 Å². The molecule has 0 bridgehead atoms. The molecule has 9 nitrogen and oxygen atoms in total. The van der Waals surface area contributed by atoms with E-state index in [9.17, 15) is 19.5 Å². The number of nitrogens with one attached hydrogen (secondary N) is 2. The Labute approximate surface area is 148 Å². The highest BCUT2D eigenvalue weighted by molar-refractivity contribution is 5.92. The lowest BCUT2D eigenvalue weighted by Gasteiger charge is -2.29. The molecular weight excluding hydrogens is 340 g/mol. The first-order valence-electron chi connectivity index (χ1n) is 8.24. The quantitative estimate of drug-likeness (QED) is 0.752. The fourth-order valence-electron chi connectivity index (χ4n) is 3.17. The maximum Gasteiger partial charge on any atom is 0.332 e. The molecule has 0 radical (unpaired) electrons. The van der Waals surface area contributed by atoms with Gasteiger partial charge < -0.3 is 15.2 Å². The first kappa shape index (κ1) is 17.6. The maximum atomic E-state index is 12.9. The van der Waals surface area contributed by atoms with Crippen LogP contribution in [0.4, 0.5) is 10.6 Å². The Hall–Kier alpha value is -3.23. The van der Waals surface area contributed by atoms with Crippen molar-refractivity contribution >= 4 is 11.8 Å². The van der Waals surface area contributed by atoms with Crippen LogP contribution in [-0.2, 0) is 13.1 Å². The number of ether oxygens (including phenoxy) is 1. The number of phenolic OH excluding ortho intramolecular Hbond substituents is 1. The van der Waals surface area contributed by atoms with Crippen LogP contribution in [0.15, 0.2) is 27.8 Å². The van der Waals surface area contributed by atoms with Crippen molar-refractivity contribution in [2.45, 2.75) is 33.0 Å². The Morgan fingerprint density at radius 3 is 2.42 bits per heavy atom. The van der Waals surface area contributed by atoms with Gasteiger partial charge in [-0.3, -0.25) is 19.2 Å². The molecule has 1 aliphatic rings. The number of hydrogen-bond acceptors (Lipinski definition) is 5. The highest BCUT2D eigenvalue weighted by Crippen LogP contribution is 2.33. The topological polar surface area (TPSA) is 115 Å². The minimum atomic E-state index is -0.806. The van der Waals surface area contributed by atoms with Crippen molar-refractivity contribution in [3.63, 3.8) is 0 Å². The summed E-state index contributed by atoms with van der Waals surface area (Å²) < 4.78 is 7.51. The summed E-state index contributed by atoms with van der Waals surface area (Å²) >= 11 is 0. The van der Waals surface area contributed by atoms with Gasteiger partial charge in [0.15, 0.2) is 11.5 Å². The molecule has 26 heavy (non-hydrogen) atoms. The summed E-state index contributed by atoms with van der Waals surface area (Å²) in [5, 5.41) is 15.3. The maximum absolute atomic E-state index is 12.9. The molecule has 0 saturated carbocycles. The van der Waals surface area contributed by atoms with Crippen LogP contribution in [0.25, 0.3) is 0 Å². The number of aromatic hydroxyl groups is 1. The Bertz CT molecular complexity index is 992. The summed E-state index contributed by atoms with van der Waals surface area (Å²) in [6, 6.07) is 3.28. The predicted octanol–water partition coefficient (Wildman–Crippen LogP) is 0.988. The number of carbonyl (C=O) groups excluding carboxylic acids is 1. The van der Waals surface area contributed by atoms with Crippen molar-refractivity contribution in [2.75, 3.05) is 12.4 Å². The molecule has 1 unspecified atom stereocenters. The van der Waals surface area contributed by atoms with Gasteiger partial charge in [0.2, 0.25) is 0 Å². The average Bonchev–Trinajstić information content (AvgIpc) is 2.61. The van der Waals surface area contributed by atoms with Gasteiger partial charge in [-0.1, -0.05) is 6.07 Å². The second kappa shape index (κ2) is 6.58. The molecule has 3 N–H and O–H groups in total. The van der Waals surface area contributed by atoms with Crippen LogP contribution in [0.1, 0.15) is 31.0 Å². The number of nitrogens with zero attached hydrogens (tertiary/aromatic N) is 2. The van der Waals surface area contributed by atoms with Crippen LogP contribution >= 0.6 is 0 Å². The van der Waals surface area contributed by atoms with E-state index in [1.807, 2.05) is 0 Å². The minimum absolute atomic E-state index is 0.112. The molecule has 138 valence electrons. The Morgan fingerprint density at radius 1 is 1.15 bits per heavy atom. The van der Waals surface area contributed by atoms with Crippen LogP contribution in [-0.4, -0.2) is 27.4 Å². The summed E-state index contributed by atoms with van der Waals surface area (Å²) in [7, 11) is 1.43. The molecule has 2 amide bonds. The van der Waals surface area contributed by atoms with Gasteiger partial charge in [-0.2, -0.15) is 0 Å². The zero-order chi connectivity index (χ0) is 19.0. The van der Waals surface area contributed by atoms with E-state index in [0.29, 0.717) is 12.1 Å². The molecule has 0 saturated heterocycles. The van der Waals surface area contributed by atoms with Crippen molar-refractivity contribution in [3.05, 3.63) is 50.2 Å². The highest BCUT2D eigenvalue weighted by atomic mass is 16.5. The van der Waals surface area contributed by atoms with Gasteiger partial charge in [0.25, 0.3) is 5.56 Å². The van der Waals surface area contributed by atoms with E-state index in [1.165, 1.54) is 17.7 Å². The number of anilines is 1. The third-order valence-electron chi connectivity index (χ3n) is 4.43. The van der Waals surface area contributed by atoms with Gasteiger partial charge in [0.05, 0.1) is 18.7 Å². The van der Waals surface area contributed by atoms with Crippen LogP contribution in [0.3, 0.4) is 0 Å². The Morgan fingerprint density at radius 2 is 1.85 bits per heavy atom. The molecular formula is C17H20N4O5. The van der Waals surface area contributed by atoms with Crippen LogP contribution in [0, 0.1) is 0 Å². The number of hydrogen-bond donors (Lipinski definition) is 3. The fraction of sp³-hybridized carbons (Fsp3) is 0.353. The first-order valence-corrected chi connectivity index (χ1v) is 8.24. The van der Waals surface area contributed by atoms with Crippen molar-refractivity contribution in [1.29, 1.82) is 0 Å². The number of phenols is 1. The largest absolute Gasteiger partial charge is 0.504 e. The second-order valence-corrected chi connectivity index (χ2v) is 5.80. The summed E-state index contributed by atoms with van der Waals surface area (Å²) in [6.07, 6.45) is 0. The molecule has 1 atom stereocenters. The molecule has 1 aliphatic heterocycles. The smallest absolute Gasteiger partial charge is 0.332 e. The molecule has 0 spiro atoms. The Kier molecular flexibility index (Phi) is 4.45. The number of benzene rings is 1. The van der Waals surface area contributed by atoms with Gasteiger partial charge >= 0.3 is 11.7 Å². The van der Waals surface area contributed by atoms with Crippen LogP contribution in [0.2, 0.25) is 0 Å². The van der Waals surface area contributed by atoms with E-state index in [4.69, 9.17) is 4.74 Å². The first-order chi connectivity index (χ1) is 12.4. The van der Waals surface area contributed by atoms with Gasteiger partial charge in [-0.05, 0) is 31.5 Å². The van der Waals surface area contributed by atoms with Crippen molar-refractivity contribution in [2.24, 2.45) is 0 Å². The van der Waals surface area contributed by atoms with Gasteiger partial charge in [-0.15, -0.1) is 0 Å². The fourth-order valence-corrected chi connectivity index (χ4v) is 3.17. The van der Waals surface area contributed by atoms with Crippen LogP contribution < -0.4 is 26.6 Å². The molecule has 9 heteroatoms. The molecule has 2 aromatic rings. The van der Waals surface area contributed by atoms with E-state index in [0.717, 1.165) is 4.57 Å². The predicted molar refractivity (Wildman–Crippen MR) is 95.0 cm³/mol. The standard InChI is InChI=1S/C17H20N4O5/c1-4-20-14-12(15(23)21(5-2)17(20)25)13(18-16(24)19-14)9-6-7-11(26-3)10(22)8-9/h6-8,13,22H,4-5H2,1-3H3,(H2,18,19,24). The number of urea groups is 1. The number of amides is 2. The number of methoxy groups -OCH3 is 1. The van der Waals surface area contributed by atoms with Crippen molar-refractivity contribution in [3.8, 4) is 11.5 Å². The average molecular weight is 360 g/mol. The number of carbonyl (C=O) groups is 1.